The lowest BCUT2D eigenvalue weighted by Crippen LogP contribution is -2.37. The Bertz CT molecular complexity index is 377. The average molecular weight is 224 g/mol. The number of hydrogen-bond donors (Lipinski definition) is 3. The van der Waals surface area contributed by atoms with Gasteiger partial charge in [0.25, 0.3) is 0 Å². The number of halogens is 4. The Morgan fingerprint density at radius 3 is 2.07 bits per heavy atom. The van der Waals surface area contributed by atoms with E-state index in [-0.39, 0.29) is 0 Å². The summed E-state index contributed by atoms with van der Waals surface area (Å²) in [5.41, 5.74) is -2.92. The van der Waals surface area contributed by atoms with E-state index in [1.54, 1.807) is 0 Å². The molecule has 0 atom stereocenters. The molecule has 1 aromatic carbocycles. The molecule has 8 heteroatoms. The van der Waals surface area contributed by atoms with E-state index in [0.29, 0.717) is 12.1 Å². The molecule has 0 aliphatic rings. The normalized spacial score (nSPS) is 11.6. The molecule has 0 aromatic heterocycles. The number of phenolic OH excluding ortho intramolecular Hbond substituents is 1. The first kappa shape index (κ1) is 11.8. The van der Waals surface area contributed by atoms with E-state index in [2.05, 4.69) is 0 Å². The summed E-state index contributed by atoms with van der Waals surface area (Å²) in [5, 5.41) is 25.9. The zero-order chi connectivity index (χ0) is 11.8. The SMILES string of the molecule is OB(O)c1ccc(O)c(F)c1C(F)(F)F. The minimum Gasteiger partial charge on any atom is -0.505 e. The molecule has 0 aliphatic heterocycles. The number of rotatable bonds is 1. The van der Waals surface area contributed by atoms with E-state index in [0.717, 1.165) is 0 Å². The molecule has 3 nitrogen and oxygen atoms in total. The van der Waals surface area contributed by atoms with Gasteiger partial charge in [-0.3, -0.25) is 0 Å². The van der Waals surface area contributed by atoms with Crippen molar-refractivity contribution in [3.8, 4) is 5.75 Å². The van der Waals surface area contributed by atoms with Crippen molar-refractivity contribution < 1.29 is 32.7 Å². The largest absolute Gasteiger partial charge is 0.505 e. The number of aromatic hydroxyl groups is 1. The molecule has 82 valence electrons. The first-order valence-corrected chi connectivity index (χ1v) is 3.70. The first-order chi connectivity index (χ1) is 6.75. The third kappa shape index (κ3) is 2.21. The summed E-state index contributed by atoms with van der Waals surface area (Å²) in [6, 6.07) is 1.20. The Hall–Kier alpha value is -1.28. The second kappa shape index (κ2) is 3.71. The van der Waals surface area contributed by atoms with Crippen LogP contribution < -0.4 is 5.46 Å². The topological polar surface area (TPSA) is 60.7 Å². The van der Waals surface area contributed by atoms with Gasteiger partial charge >= 0.3 is 13.3 Å². The summed E-state index contributed by atoms with van der Waals surface area (Å²) in [5.74, 6) is -3.13. The summed E-state index contributed by atoms with van der Waals surface area (Å²) in [6.07, 6.45) is -5.11. The summed E-state index contributed by atoms with van der Waals surface area (Å²) in [4.78, 5) is 0. The van der Waals surface area contributed by atoms with Gasteiger partial charge in [0.2, 0.25) is 0 Å². The smallest absolute Gasteiger partial charge is 0.489 e. The van der Waals surface area contributed by atoms with Crippen LogP contribution in [0.1, 0.15) is 5.56 Å². The lowest BCUT2D eigenvalue weighted by molar-refractivity contribution is -0.139. The Morgan fingerprint density at radius 1 is 1.13 bits per heavy atom. The molecule has 0 amide bonds. The predicted molar refractivity (Wildman–Crippen MR) is 42.9 cm³/mol. The Balaban J connectivity index is 3.49. The maximum absolute atomic E-state index is 12.9. The monoisotopic (exact) mass is 224 g/mol. The van der Waals surface area contributed by atoms with Crippen LogP contribution in [-0.4, -0.2) is 22.3 Å². The van der Waals surface area contributed by atoms with E-state index in [1.165, 1.54) is 0 Å². The fraction of sp³-hybridized carbons (Fsp3) is 0.143. The van der Waals surface area contributed by atoms with Crippen molar-refractivity contribution in [2.45, 2.75) is 6.18 Å². The fourth-order valence-electron chi connectivity index (χ4n) is 1.08. The van der Waals surface area contributed by atoms with Crippen molar-refractivity contribution in [3.05, 3.63) is 23.5 Å². The number of phenols is 1. The van der Waals surface area contributed by atoms with Crippen molar-refractivity contribution in [2.75, 3.05) is 0 Å². The summed E-state index contributed by atoms with van der Waals surface area (Å²) >= 11 is 0. The van der Waals surface area contributed by atoms with Crippen molar-refractivity contribution in [2.24, 2.45) is 0 Å². The standard InChI is InChI=1S/C7H5BF4O3/c9-6-4(13)2-1-3(8(14)15)5(6)7(10,11)12/h1-2,13-15H. The molecule has 0 spiro atoms. The van der Waals surface area contributed by atoms with Gasteiger partial charge in [-0.15, -0.1) is 0 Å². The molecule has 1 aromatic rings. The molecular formula is C7H5BF4O3. The van der Waals surface area contributed by atoms with Crippen molar-refractivity contribution >= 4 is 12.6 Å². The first-order valence-electron chi connectivity index (χ1n) is 3.70. The third-order valence-electron chi connectivity index (χ3n) is 1.72. The van der Waals surface area contributed by atoms with Gasteiger partial charge in [-0.2, -0.15) is 13.2 Å². The van der Waals surface area contributed by atoms with E-state index in [4.69, 9.17) is 15.2 Å². The average Bonchev–Trinajstić information content (AvgIpc) is 2.06. The molecule has 1 rings (SSSR count). The second-order valence-corrected chi connectivity index (χ2v) is 2.73. The van der Waals surface area contributed by atoms with Crippen LogP contribution in [0.5, 0.6) is 5.75 Å². The Kier molecular flexibility index (Phi) is 2.92. The van der Waals surface area contributed by atoms with Crippen LogP contribution in [0.4, 0.5) is 17.6 Å². The number of alkyl halides is 3. The van der Waals surface area contributed by atoms with Gasteiger partial charge in [-0.05, 0) is 11.5 Å². The molecule has 0 unspecified atom stereocenters. The Morgan fingerprint density at radius 2 is 1.67 bits per heavy atom. The lowest BCUT2D eigenvalue weighted by Gasteiger charge is -2.13. The van der Waals surface area contributed by atoms with Crippen LogP contribution in [0, 0.1) is 5.82 Å². The van der Waals surface area contributed by atoms with Gasteiger partial charge in [0.05, 0.1) is 5.56 Å². The highest BCUT2D eigenvalue weighted by Crippen LogP contribution is 2.33. The van der Waals surface area contributed by atoms with E-state index in [9.17, 15) is 17.6 Å². The van der Waals surface area contributed by atoms with E-state index in [1.807, 2.05) is 0 Å². The quantitative estimate of drug-likeness (QED) is 0.472. The summed E-state index contributed by atoms with van der Waals surface area (Å²) < 4.78 is 49.8. The maximum atomic E-state index is 12.9. The fourth-order valence-corrected chi connectivity index (χ4v) is 1.08. The highest BCUT2D eigenvalue weighted by molar-refractivity contribution is 6.59. The van der Waals surface area contributed by atoms with Crippen molar-refractivity contribution in [3.63, 3.8) is 0 Å². The summed E-state index contributed by atoms with van der Waals surface area (Å²) in [6.45, 7) is 0. The van der Waals surface area contributed by atoms with Crippen LogP contribution in [0.3, 0.4) is 0 Å². The second-order valence-electron chi connectivity index (χ2n) is 2.73. The number of hydrogen-bond acceptors (Lipinski definition) is 3. The third-order valence-corrected chi connectivity index (χ3v) is 1.72. The Labute approximate surface area is 81.7 Å². The zero-order valence-electron chi connectivity index (χ0n) is 7.09. The van der Waals surface area contributed by atoms with Gasteiger partial charge < -0.3 is 15.2 Å². The molecular weight excluding hydrogens is 219 g/mol. The highest BCUT2D eigenvalue weighted by atomic mass is 19.4. The molecule has 0 bridgehead atoms. The van der Waals surface area contributed by atoms with Crippen LogP contribution >= 0.6 is 0 Å². The highest BCUT2D eigenvalue weighted by Gasteiger charge is 2.40. The predicted octanol–water partition coefficient (Wildman–Crippen LogP) is 0.230. The number of benzene rings is 1. The van der Waals surface area contributed by atoms with Gasteiger partial charge in [0.1, 0.15) is 0 Å². The molecule has 0 saturated carbocycles. The van der Waals surface area contributed by atoms with Crippen LogP contribution in [0.15, 0.2) is 12.1 Å². The van der Waals surface area contributed by atoms with E-state index >= 15 is 0 Å². The maximum Gasteiger partial charge on any atom is 0.489 e. The van der Waals surface area contributed by atoms with Gasteiger partial charge in [0, 0.05) is 0 Å². The van der Waals surface area contributed by atoms with Gasteiger partial charge in [0.15, 0.2) is 11.6 Å². The van der Waals surface area contributed by atoms with Crippen LogP contribution in [-0.2, 0) is 6.18 Å². The minimum absolute atomic E-state index is 0.589. The van der Waals surface area contributed by atoms with Gasteiger partial charge in [-0.25, -0.2) is 4.39 Å². The van der Waals surface area contributed by atoms with E-state index < -0.39 is 35.9 Å². The molecule has 0 radical (unpaired) electrons. The zero-order valence-corrected chi connectivity index (χ0v) is 7.09. The van der Waals surface area contributed by atoms with Crippen LogP contribution in [0.25, 0.3) is 0 Å². The molecule has 3 N–H and O–H groups in total. The van der Waals surface area contributed by atoms with Gasteiger partial charge in [-0.1, -0.05) is 6.07 Å². The molecule has 15 heavy (non-hydrogen) atoms. The minimum atomic E-state index is -5.11. The lowest BCUT2D eigenvalue weighted by atomic mass is 9.76. The molecule has 0 heterocycles. The summed E-state index contributed by atoms with van der Waals surface area (Å²) in [7, 11) is -2.46. The van der Waals surface area contributed by atoms with Crippen LogP contribution in [0.2, 0.25) is 0 Å². The van der Waals surface area contributed by atoms with Crippen molar-refractivity contribution in [1.82, 2.24) is 0 Å². The van der Waals surface area contributed by atoms with Crippen molar-refractivity contribution in [1.29, 1.82) is 0 Å². The molecule has 0 fully saturated rings. The molecule has 0 aliphatic carbocycles. The molecule has 0 saturated heterocycles.